The van der Waals surface area contributed by atoms with Crippen LogP contribution in [0.2, 0.25) is 0 Å². The van der Waals surface area contributed by atoms with Crippen LogP contribution >= 0.6 is 0 Å². The fraction of sp³-hybridized carbons (Fsp3) is 0.500. The van der Waals surface area contributed by atoms with E-state index < -0.39 is 0 Å². The number of carbonyl (C=O) groups is 1. The highest BCUT2D eigenvalue weighted by Gasteiger charge is 2.09. The molecule has 0 fully saturated rings. The van der Waals surface area contributed by atoms with Crippen molar-refractivity contribution >= 4 is 5.91 Å². The summed E-state index contributed by atoms with van der Waals surface area (Å²) in [5, 5.41) is 2.93. The number of rotatable bonds is 8. The summed E-state index contributed by atoms with van der Waals surface area (Å²) in [4.78, 5) is 16.1. The molecule has 1 aromatic heterocycles. The van der Waals surface area contributed by atoms with E-state index in [9.17, 15) is 4.79 Å². The van der Waals surface area contributed by atoms with E-state index in [-0.39, 0.29) is 5.91 Å². The molecule has 0 unspecified atom stereocenters. The average Bonchev–Trinajstić information content (AvgIpc) is 3.01. The number of aryl methyl sites for hydroxylation is 1. The highest BCUT2D eigenvalue weighted by Crippen LogP contribution is 2.23. The Hall–Kier alpha value is -2.10. The zero-order valence-corrected chi connectivity index (χ0v) is 15.1. The van der Waals surface area contributed by atoms with Gasteiger partial charge in [-0.1, -0.05) is 52.0 Å². The second kappa shape index (κ2) is 8.67. The van der Waals surface area contributed by atoms with Gasteiger partial charge in [0.2, 0.25) is 5.91 Å². The predicted molar refractivity (Wildman–Crippen MR) is 96.8 cm³/mol. The predicted octanol–water partition coefficient (Wildman–Crippen LogP) is 4.56. The van der Waals surface area contributed by atoms with Gasteiger partial charge in [-0.3, -0.25) is 4.79 Å². The SMILES string of the molecule is CC(C)CCNC(=O)CCc1ncc(-c2ccc(C(C)C)cc2)o1. The van der Waals surface area contributed by atoms with Gasteiger partial charge in [0.05, 0.1) is 6.20 Å². The molecule has 0 saturated heterocycles. The highest BCUT2D eigenvalue weighted by atomic mass is 16.4. The van der Waals surface area contributed by atoms with E-state index in [0.717, 1.165) is 24.3 Å². The van der Waals surface area contributed by atoms with Crippen LogP contribution in [0.25, 0.3) is 11.3 Å². The van der Waals surface area contributed by atoms with Gasteiger partial charge >= 0.3 is 0 Å². The van der Waals surface area contributed by atoms with Crippen LogP contribution in [0.15, 0.2) is 34.9 Å². The number of nitrogens with zero attached hydrogens (tertiary/aromatic N) is 1. The molecule has 1 amide bonds. The molecule has 0 aliphatic carbocycles. The molecule has 1 aromatic carbocycles. The quantitative estimate of drug-likeness (QED) is 0.773. The van der Waals surface area contributed by atoms with Crippen LogP contribution < -0.4 is 5.32 Å². The van der Waals surface area contributed by atoms with E-state index in [2.05, 4.69) is 62.3 Å². The zero-order valence-electron chi connectivity index (χ0n) is 15.1. The molecule has 0 radical (unpaired) electrons. The molecule has 2 rings (SSSR count). The Morgan fingerprint density at radius 3 is 2.50 bits per heavy atom. The van der Waals surface area contributed by atoms with Crippen LogP contribution in [-0.4, -0.2) is 17.4 Å². The van der Waals surface area contributed by atoms with Gasteiger partial charge in [0.25, 0.3) is 0 Å². The summed E-state index contributed by atoms with van der Waals surface area (Å²) in [6.45, 7) is 9.37. The van der Waals surface area contributed by atoms with Crippen molar-refractivity contribution in [2.24, 2.45) is 5.92 Å². The standard InChI is InChI=1S/C20H28N2O2/c1-14(2)11-12-21-19(23)9-10-20-22-13-18(24-20)17-7-5-16(6-8-17)15(3)4/h5-8,13-15H,9-12H2,1-4H3,(H,21,23). The molecule has 1 heterocycles. The monoisotopic (exact) mass is 328 g/mol. The number of nitrogens with one attached hydrogen (secondary N) is 1. The Bertz CT molecular complexity index is 642. The van der Waals surface area contributed by atoms with E-state index in [1.54, 1.807) is 6.20 Å². The number of oxazole rings is 1. The molecule has 4 heteroatoms. The maximum Gasteiger partial charge on any atom is 0.220 e. The zero-order chi connectivity index (χ0) is 17.5. The van der Waals surface area contributed by atoms with Crippen LogP contribution in [-0.2, 0) is 11.2 Å². The van der Waals surface area contributed by atoms with Gasteiger partial charge in [0, 0.05) is 24.9 Å². The number of hydrogen-bond donors (Lipinski definition) is 1. The maximum atomic E-state index is 11.8. The van der Waals surface area contributed by atoms with Gasteiger partial charge in [-0.05, 0) is 23.8 Å². The van der Waals surface area contributed by atoms with E-state index in [4.69, 9.17) is 4.42 Å². The Balaban J connectivity index is 1.85. The Labute approximate surface area is 144 Å². The molecule has 0 spiro atoms. The first kappa shape index (κ1) is 18.2. The van der Waals surface area contributed by atoms with Crippen molar-refractivity contribution in [2.45, 2.75) is 52.9 Å². The number of amides is 1. The topological polar surface area (TPSA) is 55.1 Å². The van der Waals surface area contributed by atoms with E-state index in [0.29, 0.717) is 30.6 Å². The summed E-state index contributed by atoms with van der Waals surface area (Å²) in [5.41, 5.74) is 2.32. The number of benzene rings is 1. The van der Waals surface area contributed by atoms with Crippen LogP contribution in [0.4, 0.5) is 0 Å². The molecular formula is C20H28N2O2. The van der Waals surface area contributed by atoms with Crippen LogP contribution in [0.3, 0.4) is 0 Å². The minimum atomic E-state index is 0.0525. The van der Waals surface area contributed by atoms with Gasteiger partial charge in [-0.2, -0.15) is 0 Å². The van der Waals surface area contributed by atoms with Crippen molar-refractivity contribution in [2.75, 3.05) is 6.54 Å². The van der Waals surface area contributed by atoms with Crippen molar-refractivity contribution in [1.82, 2.24) is 10.3 Å². The first-order chi connectivity index (χ1) is 11.5. The summed E-state index contributed by atoms with van der Waals surface area (Å²) >= 11 is 0. The third kappa shape index (κ3) is 5.52. The van der Waals surface area contributed by atoms with Crippen molar-refractivity contribution in [3.63, 3.8) is 0 Å². The molecule has 130 valence electrons. The first-order valence-electron chi connectivity index (χ1n) is 8.77. The summed E-state index contributed by atoms with van der Waals surface area (Å²) in [7, 11) is 0. The van der Waals surface area contributed by atoms with Gasteiger partial charge < -0.3 is 9.73 Å². The Morgan fingerprint density at radius 2 is 1.88 bits per heavy atom. The summed E-state index contributed by atoms with van der Waals surface area (Å²) in [6, 6.07) is 8.34. The lowest BCUT2D eigenvalue weighted by Gasteiger charge is -2.06. The summed E-state index contributed by atoms with van der Waals surface area (Å²) < 4.78 is 5.77. The van der Waals surface area contributed by atoms with Crippen LogP contribution in [0, 0.1) is 5.92 Å². The smallest absolute Gasteiger partial charge is 0.220 e. The number of carbonyl (C=O) groups excluding carboxylic acids is 1. The lowest BCUT2D eigenvalue weighted by molar-refractivity contribution is -0.121. The largest absolute Gasteiger partial charge is 0.441 e. The molecule has 4 nitrogen and oxygen atoms in total. The third-order valence-electron chi connectivity index (χ3n) is 4.03. The van der Waals surface area contributed by atoms with E-state index in [1.807, 2.05) is 0 Å². The Morgan fingerprint density at radius 1 is 1.17 bits per heavy atom. The van der Waals surface area contributed by atoms with Crippen molar-refractivity contribution in [3.05, 3.63) is 41.9 Å². The van der Waals surface area contributed by atoms with Gasteiger partial charge in [-0.25, -0.2) is 4.98 Å². The molecule has 0 aliphatic rings. The molecule has 0 atom stereocenters. The molecule has 1 N–H and O–H groups in total. The van der Waals surface area contributed by atoms with Crippen molar-refractivity contribution < 1.29 is 9.21 Å². The first-order valence-corrected chi connectivity index (χ1v) is 8.77. The number of hydrogen-bond acceptors (Lipinski definition) is 3. The van der Waals surface area contributed by atoms with Crippen molar-refractivity contribution in [1.29, 1.82) is 0 Å². The lowest BCUT2D eigenvalue weighted by atomic mass is 10.0. The van der Waals surface area contributed by atoms with E-state index >= 15 is 0 Å². The minimum Gasteiger partial charge on any atom is -0.441 e. The fourth-order valence-corrected chi connectivity index (χ4v) is 2.40. The second-order valence-electron chi connectivity index (χ2n) is 6.93. The van der Waals surface area contributed by atoms with Crippen LogP contribution in [0.5, 0.6) is 0 Å². The average molecular weight is 328 g/mol. The second-order valence-corrected chi connectivity index (χ2v) is 6.93. The maximum absolute atomic E-state index is 11.8. The normalized spacial score (nSPS) is 11.2. The van der Waals surface area contributed by atoms with Crippen LogP contribution in [0.1, 0.15) is 57.9 Å². The highest BCUT2D eigenvalue weighted by molar-refractivity contribution is 5.76. The summed E-state index contributed by atoms with van der Waals surface area (Å²) in [6.07, 6.45) is 3.67. The van der Waals surface area contributed by atoms with Crippen molar-refractivity contribution in [3.8, 4) is 11.3 Å². The van der Waals surface area contributed by atoms with E-state index in [1.165, 1.54) is 5.56 Å². The molecular weight excluding hydrogens is 300 g/mol. The van der Waals surface area contributed by atoms with Gasteiger partial charge in [0.1, 0.15) is 0 Å². The van der Waals surface area contributed by atoms with Gasteiger partial charge in [-0.15, -0.1) is 0 Å². The van der Waals surface area contributed by atoms with Gasteiger partial charge in [0.15, 0.2) is 11.7 Å². The third-order valence-corrected chi connectivity index (χ3v) is 4.03. The Kier molecular flexibility index (Phi) is 6.59. The number of aromatic nitrogens is 1. The molecule has 0 saturated carbocycles. The molecule has 2 aromatic rings. The fourth-order valence-electron chi connectivity index (χ4n) is 2.40. The summed E-state index contributed by atoms with van der Waals surface area (Å²) in [5.74, 6) is 2.52. The molecule has 24 heavy (non-hydrogen) atoms. The minimum absolute atomic E-state index is 0.0525. The molecule has 0 aliphatic heterocycles. The lowest BCUT2D eigenvalue weighted by Crippen LogP contribution is -2.25. The molecule has 0 bridgehead atoms.